The standard InChI is InChI=1S/C10H10N2S/c11-6-9-10(13-7-12-9)8-4-2-1-3-5-8/h1-5,7H,6,11H2. The van der Waals surface area contributed by atoms with Crippen molar-refractivity contribution in [1.29, 1.82) is 0 Å². The van der Waals surface area contributed by atoms with E-state index in [-0.39, 0.29) is 0 Å². The third-order valence-electron chi connectivity index (χ3n) is 1.87. The van der Waals surface area contributed by atoms with Crippen LogP contribution in [0.1, 0.15) is 5.69 Å². The molecule has 0 atom stereocenters. The molecular weight excluding hydrogens is 180 g/mol. The zero-order chi connectivity index (χ0) is 9.10. The maximum Gasteiger partial charge on any atom is 0.0802 e. The summed E-state index contributed by atoms with van der Waals surface area (Å²) in [6, 6.07) is 10.2. The smallest absolute Gasteiger partial charge is 0.0802 e. The van der Waals surface area contributed by atoms with E-state index < -0.39 is 0 Å². The third kappa shape index (κ3) is 1.61. The number of benzene rings is 1. The van der Waals surface area contributed by atoms with Crippen LogP contribution in [-0.4, -0.2) is 4.98 Å². The lowest BCUT2D eigenvalue weighted by Gasteiger charge is -1.98. The number of nitrogens with two attached hydrogens (primary N) is 1. The minimum atomic E-state index is 0.508. The lowest BCUT2D eigenvalue weighted by Crippen LogP contribution is -1.97. The summed E-state index contributed by atoms with van der Waals surface area (Å²) in [5.41, 5.74) is 9.60. The molecule has 0 aliphatic carbocycles. The van der Waals surface area contributed by atoms with Gasteiger partial charge in [0.25, 0.3) is 0 Å². The van der Waals surface area contributed by atoms with Crippen molar-refractivity contribution in [3.8, 4) is 10.4 Å². The molecule has 0 bridgehead atoms. The van der Waals surface area contributed by atoms with Gasteiger partial charge in [-0.25, -0.2) is 4.98 Å². The fourth-order valence-corrected chi connectivity index (χ4v) is 2.07. The van der Waals surface area contributed by atoms with Crippen molar-refractivity contribution < 1.29 is 0 Å². The highest BCUT2D eigenvalue weighted by Crippen LogP contribution is 2.26. The molecule has 2 rings (SSSR count). The monoisotopic (exact) mass is 190 g/mol. The number of aromatic nitrogens is 1. The van der Waals surface area contributed by atoms with Crippen molar-refractivity contribution in [1.82, 2.24) is 4.98 Å². The molecule has 2 N–H and O–H groups in total. The summed E-state index contributed by atoms with van der Waals surface area (Å²) < 4.78 is 0. The maximum atomic E-state index is 5.58. The van der Waals surface area contributed by atoms with Gasteiger partial charge in [-0.05, 0) is 5.56 Å². The molecule has 1 heterocycles. The van der Waals surface area contributed by atoms with E-state index in [1.54, 1.807) is 11.3 Å². The molecule has 0 fully saturated rings. The average Bonchev–Trinajstić information content (AvgIpc) is 2.67. The molecule has 2 nitrogen and oxygen atoms in total. The summed E-state index contributed by atoms with van der Waals surface area (Å²) in [5.74, 6) is 0. The average molecular weight is 190 g/mol. The molecule has 66 valence electrons. The molecule has 13 heavy (non-hydrogen) atoms. The van der Waals surface area contributed by atoms with E-state index in [9.17, 15) is 0 Å². The van der Waals surface area contributed by atoms with E-state index in [1.807, 2.05) is 23.7 Å². The van der Waals surface area contributed by atoms with Crippen LogP contribution in [0.2, 0.25) is 0 Å². The quantitative estimate of drug-likeness (QED) is 0.789. The predicted octanol–water partition coefficient (Wildman–Crippen LogP) is 2.27. The van der Waals surface area contributed by atoms with Gasteiger partial charge < -0.3 is 5.73 Å². The van der Waals surface area contributed by atoms with Gasteiger partial charge in [0.15, 0.2) is 0 Å². The molecule has 1 aromatic heterocycles. The summed E-state index contributed by atoms with van der Waals surface area (Å²) >= 11 is 1.64. The fraction of sp³-hybridized carbons (Fsp3) is 0.100. The minimum absolute atomic E-state index is 0.508. The van der Waals surface area contributed by atoms with Gasteiger partial charge in [0.2, 0.25) is 0 Å². The van der Waals surface area contributed by atoms with E-state index >= 15 is 0 Å². The molecule has 0 spiro atoms. The van der Waals surface area contributed by atoms with Crippen molar-refractivity contribution in [2.45, 2.75) is 6.54 Å². The molecule has 0 aliphatic rings. The minimum Gasteiger partial charge on any atom is -0.325 e. The van der Waals surface area contributed by atoms with E-state index in [2.05, 4.69) is 17.1 Å². The lowest BCUT2D eigenvalue weighted by atomic mass is 10.1. The van der Waals surface area contributed by atoms with Gasteiger partial charge in [0.1, 0.15) is 0 Å². The van der Waals surface area contributed by atoms with Crippen LogP contribution in [0.4, 0.5) is 0 Å². The Hall–Kier alpha value is -1.19. The Morgan fingerprint density at radius 3 is 2.69 bits per heavy atom. The Balaban J connectivity index is 2.47. The second-order valence-electron chi connectivity index (χ2n) is 2.70. The Kier molecular flexibility index (Phi) is 2.38. The van der Waals surface area contributed by atoms with Crippen LogP contribution in [0.5, 0.6) is 0 Å². The van der Waals surface area contributed by atoms with Crippen LogP contribution in [0.15, 0.2) is 35.8 Å². The first-order valence-electron chi connectivity index (χ1n) is 4.09. The van der Waals surface area contributed by atoms with E-state index in [0.717, 1.165) is 5.69 Å². The van der Waals surface area contributed by atoms with Crippen molar-refractivity contribution in [2.75, 3.05) is 0 Å². The van der Waals surface area contributed by atoms with Crippen LogP contribution >= 0.6 is 11.3 Å². The van der Waals surface area contributed by atoms with Gasteiger partial charge in [-0.1, -0.05) is 30.3 Å². The maximum absolute atomic E-state index is 5.58. The predicted molar refractivity (Wildman–Crippen MR) is 55.4 cm³/mol. The van der Waals surface area contributed by atoms with Crippen LogP contribution in [-0.2, 0) is 6.54 Å². The number of hydrogen-bond donors (Lipinski definition) is 1. The molecule has 0 amide bonds. The van der Waals surface area contributed by atoms with E-state index in [0.29, 0.717) is 6.54 Å². The first kappa shape index (κ1) is 8.41. The molecule has 3 heteroatoms. The first-order valence-corrected chi connectivity index (χ1v) is 4.97. The van der Waals surface area contributed by atoms with Crippen molar-refractivity contribution >= 4 is 11.3 Å². The lowest BCUT2D eigenvalue weighted by molar-refractivity contribution is 1.01. The first-order chi connectivity index (χ1) is 6.42. The summed E-state index contributed by atoms with van der Waals surface area (Å²) in [6.07, 6.45) is 0. The van der Waals surface area contributed by atoms with Crippen molar-refractivity contribution in [2.24, 2.45) is 5.73 Å². The van der Waals surface area contributed by atoms with Crippen LogP contribution in [0.3, 0.4) is 0 Å². The van der Waals surface area contributed by atoms with Gasteiger partial charge in [0, 0.05) is 6.54 Å². The normalized spacial score (nSPS) is 10.2. The SMILES string of the molecule is NCc1ncsc1-c1ccccc1. The second-order valence-corrected chi connectivity index (χ2v) is 3.55. The summed E-state index contributed by atoms with van der Waals surface area (Å²) in [6.45, 7) is 0.508. The zero-order valence-corrected chi connectivity index (χ0v) is 7.92. The third-order valence-corrected chi connectivity index (χ3v) is 2.79. The van der Waals surface area contributed by atoms with E-state index in [1.165, 1.54) is 10.4 Å². The molecule has 0 saturated carbocycles. The number of hydrogen-bond acceptors (Lipinski definition) is 3. The van der Waals surface area contributed by atoms with Crippen molar-refractivity contribution in [3.63, 3.8) is 0 Å². The van der Waals surface area contributed by atoms with Gasteiger partial charge >= 0.3 is 0 Å². The van der Waals surface area contributed by atoms with Crippen LogP contribution in [0.25, 0.3) is 10.4 Å². The highest BCUT2D eigenvalue weighted by atomic mass is 32.1. The van der Waals surface area contributed by atoms with Gasteiger partial charge in [-0.2, -0.15) is 0 Å². The fourth-order valence-electron chi connectivity index (χ4n) is 1.24. The summed E-state index contributed by atoms with van der Waals surface area (Å²) in [4.78, 5) is 5.39. The summed E-state index contributed by atoms with van der Waals surface area (Å²) in [7, 11) is 0. The van der Waals surface area contributed by atoms with Gasteiger partial charge in [0.05, 0.1) is 16.1 Å². The highest BCUT2D eigenvalue weighted by molar-refractivity contribution is 7.13. The molecule has 0 saturated heterocycles. The van der Waals surface area contributed by atoms with Gasteiger partial charge in [-0.15, -0.1) is 11.3 Å². The van der Waals surface area contributed by atoms with Gasteiger partial charge in [-0.3, -0.25) is 0 Å². The molecule has 1 aromatic carbocycles. The molecule has 0 aliphatic heterocycles. The Morgan fingerprint density at radius 2 is 2.00 bits per heavy atom. The number of rotatable bonds is 2. The van der Waals surface area contributed by atoms with E-state index in [4.69, 9.17) is 5.73 Å². The summed E-state index contributed by atoms with van der Waals surface area (Å²) in [5, 5.41) is 0. The van der Waals surface area contributed by atoms with Crippen LogP contribution in [0, 0.1) is 0 Å². The largest absolute Gasteiger partial charge is 0.325 e. The Bertz CT molecular complexity index is 381. The molecule has 2 aromatic rings. The highest BCUT2D eigenvalue weighted by Gasteiger charge is 2.05. The van der Waals surface area contributed by atoms with Crippen LogP contribution < -0.4 is 5.73 Å². The Morgan fingerprint density at radius 1 is 1.23 bits per heavy atom. The molecule has 0 unspecified atom stereocenters. The molecular formula is C10H10N2S. The zero-order valence-electron chi connectivity index (χ0n) is 7.10. The van der Waals surface area contributed by atoms with Crippen molar-refractivity contribution in [3.05, 3.63) is 41.5 Å². The number of nitrogens with zero attached hydrogens (tertiary/aromatic N) is 1. The number of thiazole rings is 1. The Labute approximate surface area is 81.1 Å². The molecule has 0 radical (unpaired) electrons. The second kappa shape index (κ2) is 3.68. The topological polar surface area (TPSA) is 38.9 Å².